The van der Waals surface area contributed by atoms with Crippen molar-refractivity contribution in [3.05, 3.63) is 107 Å². The number of rotatable bonds is 6. The molecule has 0 bridgehead atoms. The summed E-state index contributed by atoms with van der Waals surface area (Å²) in [7, 11) is 0. The summed E-state index contributed by atoms with van der Waals surface area (Å²) in [5.74, 6) is -0.0636. The molecule has 29 heavy (non-hydrogen) atoms. The lowest BCUT2D eigenvalue weighted by molar-refractivity contribution is -0.109. The Bertz CT molecular complexity index is 1080. The smallest absolute Gasteiger partial charge is 0.185 e. The molecule has 0 heterocycles. The molecule has 0 saturated carbocycles. The molecule has 0 unspecified atom stereocenters. The first-order valence-corrected chi connectivity index (χ1v) is 10.1. The van der Waals surface area contributed by atoms with E-state index in [0.717, 1.165) is 28.7 Å². The van der Waals surface area contributed by atoms with Crippen LogP contribution in [0.15, 0.2) is 73.3 Å². The molecule has 1 heteroatoms. The van der Waals surface area contributed by atoms with Gasteiger partial charge in [-0.2, -0.15) is 0 Å². The van der Waals surface area contributed by atoms with Gasteiger partial charge in [0.25, 0.3) is 0 Å². The molecular weight excluding hydrogens is 352 g/mol. The van der Waals surface area contributed by atoms with Gasteiger partial charge in [-0.1, -0.05) is 73.7 Å². The SMILES string of the molecule is C=CC(=O)/C(=C/c1ccc(C)cc1)c1cc(-c2c(C)cccc2CC)ccc1C. The molecule has 0 N–H and O–H groups in total. The highest BCUT2D eigenvalue weighted by Gasteiger charge is 2.15. The Morgan fingerprint density at radius 1 is 0.931 bits per heavy atom. The third-order valence-corrected chi connectivity index (χ3v) is 5.40. The molecule has 0 fully saturated rings. The van der Waals surface area contributed by atoms with Crippen LogP contribution in [0.2, 0.25) is 0 Å². The van der Waals surface area contributed by atoms with Crippen molar-refractivity contribution >= 4 is 17.4 Å². The normalized spacial score (nSPS) is 11.4. The van der Waals surface area contributed by atoms with E-state index in [1.54, 1.807) is 0 Å². The predicted molar refractivity (Wildman–Crippen MR) is 125 cm³/mol. The van der Waals surface area contributed by atoms with E-state index < -0.39 is 0 Å². The van der Waals surface area contributed by atoms with Gasteiger partial charge in [-0.3, -0.25) is 4.79 Å². The molecule has 146 valence electrons. The van der Waals surface area contributed by atoms with Crippen molar-refractivity contribution in [2.24, 2.45) is 0 Å². The summed E-state index contributed by atoms with van der Waals surface area (Å²) in [6, 6.07) is 21.1. The summed E-state index contributed by atoms with van der Waals surface area (Å²) in [5, 5.41) is 0. The van der Waals surface area contributed by atoms with E-state index in [0.29, 0.717) is 5.57 Å². The van der Waals surface area contributed by atoms with Crippen LogP contribution < -0.4 is 0 Å². The van der Waals surface area contributed by atoms with Crippen LogP contribution in [-0.2, 0) is 11.2 Å². The van der Waals surface area contributed by atoms with E-state index in [2.05, 4.69) is 82.8 Å². The lowest BCUT2D eigenvalue weighted by Gasteiger charge is -2.15. The van der Waals surface area contributed by atoms with E-state index in [9.17, 15) is 4.79 Å². The second-order valence-corrected chi connectivity index (χ2v) is 7.53. The first kappa shape index (κ1) is 20.5. The minimum Gasteiger partial charge on any atom is -0.289 e. The van der Waals surface area contributed by atoms with Crippen LogP contribution in [0.3, 0.4) is 0 Å². The summed E-state index contributed by atoms with van der Waals surface area (Å²) in [6.07, 6.45) is 4.34. The molecule has 3 aromatic rings. The maximum atomic E-state index is 12.8. The fourth-order valence-corrected chi connectivity index (χ4v) is 3.72. The second-order valence-electron chi connectivity index (χ2n) is 7.53. The van der Waals surface area contributed by atoms with Crippen molar-refractivity contribution in [1.29, 1.82) is 0 Å². The van der Waals surface area contributed by atoms with Crippen molar-refractivity contribution < 1.29 is 4.79 Å². The highest BCUT2D eigenvalue weighted by atomic mass is 16.1. The van der Waals surface area contributed by atoms with Gasteiger partial charge in [-0.05, 0) is 84.4 Å². The van der Waals surface area contributed by atoms with Gasteiger partial charge < -0.3 is 0 Å². The van der Waals surface area contributed by atoms with Crippen LogP contribution in [0.5, 0.6) is 0 Å². The van der Waals surface area contributed by atoms with Crippen molar-refractivity contribution in [3.63, 3.8) is 0 Å². The van der Waals surface area contributed by atoms with E-state index >= 15 is 0 Å². The summed E-state index contributed by atoms with van der Waals surface area (Å²) >= 11 is 0. The molecule has 3 rings (SSSR count). The van der Waals surface area contributed by atoms with Gasteiger partial charge in [-0.25, -0.2) is 0 Å². The molecule has 1 nitrogen and oxygen atoms in total. The zero-order valence-corrected chi connectivity index (χ0v) is 17.8. The van der Waals surface area contributed by atoms with Gasteiger partial charge in [0.1, 0.15) is 0 Å². The molecule has 0 atom stereocenters. The maximum absolute atomic E-state index is 12.8. The average Bonchev–Trinajstić information content (AvgIpc) is 2.73. The van der Waals surface area contributed by atoms with Gasteiger partial charge in [0, 0.05) is 5.57 Å². The van der Waals surface area contributed by atoms with Gasteiger partial charge in [0.2, 0.25) is 0 Å². The van der Waals surface area contributed by atoms with Crippen LogP contribution in [0.1, 0.15) is 40.3 Å². The molecular formula is C28H28O. The third kappa shape index (κ3) is 4.46. The zero-order valence-electron chi connectivity index (χ0n) is 17.8. The number of hydrogen-bond donors (Lipinski definition) is 0. The van der Waals surface area contributed by atoms with E-state index in [4.69, 9.17) is 0 Å². The molecule has 0 aromatic heterocycles. The third-order valence-electron chi connectivity index (χ3n) is 5.40. The molecule has 0 radical (unpaired) electrons. The van der Waals surface area contributed by atoms with Crippen molar-refractivity contribution in [3.8, 4) is 11.1 Å². The second kappa shape index (κ2) is 8.87. The lowest BCUT2D eigenvalue weighted by atomic mass is 9.88. The Balaban J connectivity index is 2.20. The largest absolute Gasteiger partial charge is 0.289 e. The Hall–Kier alpha value is -3.19. The van der Waals surface area contributed by atoms with E-state index in [-0.39, 0.29) is 5.78 Å². The molecule has 0 saturated heterocycles. The highest BCUT2D eigenvalue weighted by molar-refractivity contribution is 6.30. The lowest BCUT2D eigenvalue weighted by Crippen LogP contribution is -2.01. The van der Waals surface area contributed by atoms with Gasteiger partial charge in [0.15, 0.2) is 5.78 Å². The fourth-order valence-electron chi connectivity index (χ4n) is 3.72. The molecule has 0 amide bonds. The standard InChI is InChI=1S/C28H28O/c1-6-23-10-8-9-21(5)28(23)24-16-13-20(4)25(18-24)26(27(29)7-2)17-22-14-11-19(3)12-15-22/h7-18H,2,6H2,1,3-5H3/b26-17+. The number of aryl methyl sites for hydroxylation is 4. The van der Waals surface area contributed by atoms with Gasteiger partial charge in [0.05, 0.1) is 0 Å². The number of benzene rings is 3. The topological polar surface area (TPSA) is 17.1 Å². The Labute approximate surface area is 174 Å². The minimum atomic E-state index is -0.0636. The van der Waals surface area contributed by atoms with Crippen LogP contribution in [0.4, 0.5) is 0 Å². The number of allylic oxidation sites excluding steroid dienone is 2. The molecule has 0 aliphatic heterocycles. The number of carbonyl (C=O) groups excluding carboxylic acids is 1. The van der Waals surface area contributed by atoms with E-state index in [1.807, 2.05) is 18.2 Å². The summed E-state index contributed by atoms with van der Waals surface area (Å²) in [6.45, 7) is 12.2. The zero-order chi connectivity index (χ0) is 21.0. The molecule has 0 aliphatic carbocycles. The van der Waals surface area contributed by atoms with Crippen molar-refractivity contribution in [2.75, 3.05) is 0 Å². The summed E-state index contributed by atoms with van der Waals surface area (Å²) in [4.78, 5) is 12.8. The van der Waals surface area contributed by atoms with Crippen LogP contribution in [0.25, 0.3) is 22.8 Å². The minimum absolute atomic E-state index is 0.0636. The predicted octanol–water partition coefficient (Wildman–Crippen LogP) is 7.14. The van der Waals surface area contributed by atoms with Crippen molar-refractivity contribution in [1.82, 2.24) is 0 Å². The Morgan fingerprint density at radius 2 is 1.66 bits per heavy atom. The highest BCUT2D eigenvalue weighted by Crippen LogP contribution is 2.32. The quantitative estimate of drug-likeness (QED) is 0.328. The number of ketones is 1. The first-order chi connectivity index (χ1) is 13.9. The average molecular weight is 381 g/mol. The number of carbonyl (C=O) groups is 1. The van der Waals surface area contributed by atoms with Gasteiger partial charge in [-0.15, -0.1) is 0 Å². The fraction of sp³-hybridized carbons (Fsp3) is 0.179. The monoisotopic (exact) mass is 380 g/mol. The Kier molecular flexibility index (Phi) is 6.29. The number of hydrogen-bond acceptors (Lipinski definition) is 1. The van der Waals surface area contributed by atoms with Crippen LogP contribution >= 0.6 is 0 Å². The van der Waals surface area contributed by atoms with Crippen LogP contribution in [0, 0.1) is 20.8 Å². The molecule has 3 aromatic carbocycles. The van der Waals surface area contributed by atoms with Crippen molar-refractivity contribution in [2.45, 2.75) is 34.1 Å². The van der Waals surface area contributed by atoms with Crippen LogP contribution in [-0.4, -0.2) is 5.78 Å². The first-order valence-electron chi connectivity index (χ1n) is 10.1. The Morgan fingerprint density at radius 3 is 2.31 bits per heavy atom. The summed E-state index contributed by atoms with van der Waals surface area (Å²) in [5.41, 5.74) is 9.89. The molecule has 0 spiro atoms. The summed E-state index contributed by atoms with van der Waals surface area (Å²) < 4.78 is 0. The van der Waals surface area contributed by atoms with Gasteiger partial charge >= 0.3 is 0 Å². The molecule has 0 aliphatic rings. The maximum Gasteiger partial charge on any atom is 0.185 e. The van der Waals surface area contributed by atoms with E-state index in [1.165, 1.54) is 28.3 Å².